The Morgan fingerprint density at radius 2 is 2.18 bits per heavy atom. The number of nitrogens with one attached hydrogen (secondary N) is 1. The highest BCUT2D eigenvalue weighted by Crippen LogP contribution is 2.38. The van der Waals surface area contributed by atoms with Crippen LogP contribution in [0.1, 0.15) is 30.5 Å². The number of hydrogen-bond donors (Lipinski definition) is 1. The van der Waals surface area contributed by atoms with E-state index < -0.39 is 0 Å². The van der Waals surface area contributed by atoms with Gasteiger partial charge in [-0.25, -0.2) is 0 Å². The molecule has 0 aromatic carbocycles. The van der Waals surface area contributed by atoms with Crippen LogP contribution in [-0.4, -0.2) is 47.1 Å². The minimum Gasteiger partial charge on any atom is -0.340 e. The molecule has 92 valence electrons. The first-order valence-corrected chi connectivity index (χ1v) is 6.14. The molecule has 2 aliphatic rings. The van der Waals surface area contributed by atoms with Crippen LogP contribution in [0.25, 0.3) is 0 Å². The van der Waals surface area contributed by atoms with Gasteiger partial charge < -0.3 is 14.7 Å². The fourth-order valence-corrected chi connectivity index (χ4v) is 2.00. The number of hydrogen-bond acceptors (Lipinski definition) is 5. The number of carbonyl (C=O) groups excluding carboxylic acids is 1. The van der Waals surface area contributed by atoms with Gasteiger partial charge >= 0.3 is 0 Å². The minimum atomic E-state index is 0.0923. The summed E-state index contributed by atoms with van der Waals surface area (Å²) >= 11 is 0. The summed E-state index contributed by atoms with van der Waals surface area (Å²) in [7, 11) is 0. The Bertz CT molecular complexity index is 407. The molecule has 1 aliphatic carbocycles. The van der Waals surface area contributed by atoms with Crippen molar-refractivity contribution < 1.29 is 9.32 Å². The second-order valence-corrected chi connectivity index (χ2v) is 4.63. The van der Waals surface area contributed by atoms with E-state index in [2.05, 4.69) is 15.5 Å². The monoisotopic (exact) mass is 236 g/mol. The van der Waals surface area contributed by atoms with Crippen LogP contribution in [0.15, 0.2) is 4.52 Å². The average molecular weight is 236 g/mol. The maximum absolute atomic E-state index is 11.9. The van der Waals surface area contributed by atoms with Crippen molar-refractivity contribution in [2.45, 2.75) is 25.2 Å². The van der Waals surface area contributed by atoms with Crippen molar-refractivity contribution in [3.05, 3.63) is 11.7 Å². The molecule has 6 nitrogen and oxygen atoms in total. The van der Waals surface area contributed by atoms with Crippen molar-refractivity contribution in [3.63, 3.8) is 0 Å². The molecule has 1 saturated heterocycles. The summed E-state index contributed by atoms with van der Waals surface area (Å²) in [4.78, 5) is 18.1. The van der Waals surface area contributed by atoms with Crippen molar-refractivity contribution in [2.75, 3.05) is 26.2 Å². The zero-order valence-electron chi connectivity index (χ0n) is 9.69. The molecule has 0 radical (unpaired) electrons. The van der Waals surface area contributed by atoms with Gasteiger partial charge in [0.05, 0.1) is 6.42 Å². The smallest absolute Gasteiger partial charge is 0.230 e. The molecule has 1 aliphatic heterocycles. The van der Waals surface area contributed by atoms with Gasteiger partial charge in [0.25, 0.3) is 0 Å². The van der Waals surface area contributed by atoms with E-state index in [4.69, 9.17) is 4.52 Å². The molecule has 1 saturated carbocycles. The lowest BCUT2D eigenvalue weighted by molar-refractivity contribution is -0.131. The highest BCUT2D eigenvalue weighted by molar-refractivity contribution is 5.78. The number of piperazine rings is 1. The van der Waals surface area contributed by atoms with Gasteiger partial charge in [-0.1, -0.05) is 5.16 Å². The number of amides is 1. The lowest BCUT2D eigenvalue weighted by Crippen LogP contribution is -2.47. The summed E-state index contributed by atoms with van der Waals surface area (Å²) in [5.41, 5.74) is 0. The van der Waals surface area contributed by atoms with E-state index >= 15 is 0 Å². The van der Waals surface area contributed by atoms with E-state index in [1.165, 1.54) is 0 Å². The molecule has 1 aromatic heterocycles. The Kier molecular flexibility index (Phi) is 2.80. The standard InChI is InChI=1S/C11H16N4O2/c16-10(15-5-3-12-4-6-15)7-9-13-11(17-14-9)8-1-2-8/h8,12H,1-7H2. The van der Waals surface area contributed by atoms with Gasteiger partial charge in [0.15, 0.2) is 5.82 Å². The Labute approximate surface area is 99.4 Å². The molecule has 0 spiro atoms. The molecule has 1 aromatic rings. The van der Waals surface area contributed by atoms with Gasteiger partial charge in [0.2, 0.25) is 11.8 Å². The molecule has 1 N–H and O–H groups in total. The number of carbonyl (C=O) groups is 1. The lowest BCUT2D eigenvalue weighted by Gasteiger charge is -2.26. The lowest BCUT2D eigenvalue weighted by atomic mass is 10.3. The van der Waals surface area contributed by atoms with Gasteiger partial charge in [-0.3, -0.25) is 4.79 Å². The average Bonchev–Trinajstić information content (AvgIpc) is 3.12. The van der Waals surface area contributed by atoms with Crippen LogP contribution in [0.4, 0.5) is 0 Å². The molecule has 0 bridgehead atoms. The third-order valence-electron chi connectivity index (χ3n) is 3.19. The molecule has 2 heterocycles. The van der Waals surface area contributed by atoms with E-state index in [0.29, 0.717) is 17.6 Å². The second kappa shape index (κ2) is 4.44. The second-order valence-electron chi connectivity index (χ2n) is 4.63. The minimum absolute atomic E-state index is 0.0923. The highest BCUT2D eigenvalue weighted by Gasteiger charge is 2.30. The van der Waals surface area contributed by atoms with Crippen LogP contribution in [-0.2, 0) is 11.2 Å². The Morgan fingerprint density at radius 1 is 1.41 bits per heavy atom. The van der Waals surface area contributed by atoms with E-state index in [1.54, 1.807) is 0 Å². The van der Waals surface area contributed by atoms with Crippen LogP contribution >= 0.6 is 0 Å². The van der Waals surface area contributed by atoms with Crippen molar-refractivity contribution in [1.29, 1.82) is 0 Å². The summed E-state index contributed by atoms with van der Waals surface area (Å²) in [6.07, 6.45) is 2.52. The molecular formula is C11H16N4O2. The van der Waals surface area contributed by atoms with Crippen molar-refractivity contribution in [2.24, 2.45) is 0 Å². The van der Waals surface area contributed by atoms with E-state index in [9.17, 15) is 4.79 Å². The van der Waals surface area contributed by atoms with Gasteiger partial charge in [-0.15, -0.1) is 0 Å². The fourth-order valence-electron chi connectivity index (χ4n) is 2.00. The largest absolute Gasteiger partial charge is 0.340 e. The van der Waals surface area contributed by atoms with E-state index in [-0.39, 0.29) is 12.3 Å². The summed E-state index contributed by atoms with van der Waals surface area (Å²) in [5.74, 6) is 1.77. The SMILES string of the molecule is O=C(Cc1noc(C2CC2)n1)N1CCNCC1. The summed E-state index contributed by atoms with van der Waals surface area (Å²) in [5, 5.41) is 7.08. The molecule has 0 unspecified atom stereocenters. The number of rotatable bonds is 3. The molecule has 1 amide bonds. The van der Waals surface area contributed by atoms with Crippen LogP contribution < -0.4 is 5.32 Å². The quantitative estimate of drug-likeness (QED) is 0.795. The summed E-state index contributed by atoms with van der Waals surface area (Å²) < 4.78 is 5.13. The number of aromatic nitrogens is 2. The zero-order chi connectivity index (χ0) is 11.7. The Hall–Kier alpha value is -1.43. The molecule has 2 fully saturated rings. The molecule has 3 rings (SSSR count). The van der Waals surface area contributed by atoms with Crippen LogP contribution in [0.3, 0.4) is 0 Å². The molecule has 17 heavy (non-hydrogen) atoms. The Balaban J connectivity index is 1.58. The zero-order valence-corrected chi connectivity index (χ0v) is 9.69. The topological polar surface area (TPSA) is 71.3 Å². The predicted octanol–water partition coefficient (Wildman–Crippen LogP) is -0.0787. The number of nitrogens with zero attached hydrogens (tertiary/aromatic N) is 3. The molecular weight excluding hydrogens is 220 g/mol. The highest BCUT2D eigenvalue weighted by atomic mass is 16.5. The van der Waals surface area contributed by atoms with E-state index in [0.717, 1.165) is 39.0 Å². The third-order valence-corrected chi connectivity index (χ3v) is 3.19. The summed E-state index contributed by atoms with van der Waals surface area (Å²) in [6, 6.07) is 0. The van der Waals surface area contributed by atoms with Gasteiger partial charge in [0, 0.05) is 32.1 Å². The van der Waals surface area contributed by atoms with Crippen LogP contribution in [0.2, 0.25) is 0 Å². The summed E-state index contributed by atoms with van der Waals surface area (Å²) in [6.45, 7) is 3.27. The third kappa shape index (κ3) is 2.46. The maximum Gasteiger partial charge on any atom is 0.230 e. The maximum atomic E-state index is 11.9. The van der Waals surface area contributed by atoms with Gasteiger partial charge in [0.1, 0.15) is 0 Å². The van der Waals surface area contributed by atoms with Crippen molar-refractivity contribution >= 4 is 5.91 Å². The predicted molar refractivity (Wildman–Crippen MR) is 59.4 cm³/mol. The van der Waals surface area contributed by atoms with Crippen LogP contribution in [0, 0.1) is 0 Å². The first kappa shape index (κ1) is 10.7. The van der Waals surface area contributed by atoms with E-state index in [1.807, 2.05) is 4.90 Å². The first-order chi connectivity index (χ1) is 8.33. The fraction of sp³-hybridized carbons (Fsp3) is 0.727. The first-order valence-electron chi connectivity index (χ1n) is 6.14. The molecule has 6 heteroatoms. The van der Waals surface area contributed by atoms with Crippen LogP contribution in [0.5, 0.6) is 0 Å². The van der Waals surface area contributed by atoms with Crippen molar-refractivity contribution in [3.8, 4) is 0 Å². The molecule has 0 atom stereocenters. The van der Waals surface area contributed by atoms with Gasteiger partial charge in [-0.2, -0.15) is 4.98 Å². The normalized spacial score (nSPS) is 20.6. The Morgan fingerprint density at radius 3 is 2.88 bits per heavy atom. The van der Waals surface area contributed by atoms with Gasteiger partial charge in [-0.05, 0) is 12.8 Å². The van der Waals surface area contributed by atoms with Crippen molar-refractivity contribution in [1.82, 2.24) is 20.4 Å².